The molecular weight excluding hydrogens is 212 g/mol. The Hall–Kier alpha value is -2.34. The van der Waals surface area contributed by atoms with Crippen LogP contribution in [0.25, 0.3) is 0 Å². The minimum absolute atomic E-state index is 0.114. The van der Waals surface area contributed by atoms with Crippen molar-refractivity contribution < 1.29 is 4.79 Å². The first kappa shape index (κ1) is 12.7. The molecule has 17 heavy (non-hydrogen) atoms. The Labute approximate surface area is 101 Å². The molecule has 0 bridgehead atoms. The molecule has 3 heteroatoms. The fourth-order valence-corrected chi connectivity index (χ4v) is 1.43. The van der Waals surface area contributed by atoms with Gasteiger partial charge in [0.15, 0.2) is 6.29 Å². The zero-order valence-electron chi connectivity index (χ0n) is 9.54. The maximum absolute atomic E-state index is 10.6. The lowest BCUT2D eigenvalue weighted by Crippen LogP contribution is -2.17. The summed E-state index contributed by atoms with van der Waals surface area (Å²) in [5, 5.41) is 8.71. The highest BCUT2D eigenvalue weighted by molar-refractivity contribution is 5.78. The third-order valence-corrected chi connectivity index (χ3v) is 2.17. The quantitative estimate of drug-likeness (QED) is 0.323. The van der Waals surface area contributed by atoms with E-state index in [1.165, 1.54) is 0 Å². The van der Waals surface area contributed by atoms with E-state index in [1.54, 1.807) is 12.3 Å². The standard InChI is InChI=1S/C14H14N2O/c1-2-8-16(11-14(9-15)12-17)10-13-6-4-3-5-7-13/h2-7,11-12H,1,8,10H2. The average molecular weight is 226 g/mol. The minimum Gasteiger partial charge on any atom is -0.368 e. The molecule has 0 aliphatic rings. The van der Waals surface area contributed by atoms with Crippen LogP contribution in [0.1, 0.15) is 5.56 Å². The van der Waals surface area contributed by atoms with Crippen LogP contribution in [0, 0.1) is 11.3 Å². The molecule has 0 N–H and O–H groups in total. The van der Waals surface area contributed by atoms with E-state index in [-0.39, 0.29) is 5.57 Å². The largest absolute Gasteiger partial charge is 0.368 e. The molecule has 0 aliphatic carbocycles. The van der Waals surface area contributed by atoms with Crippen LogP contribution in [0.4, 0.5) is 0 Å². The number of benzene rings is 1. The number of carbonyl (C=O) groups is 1. The highest BCUT2D eigenvalue weighted by Crippen LogP contribution is 2.06. The van der Waals surface area contributed by atoms with Crippen LogP contribution in [-0.2, 0) is 11.3 Å². The van der Waals surface area contributed by atoms with Crippen LogP contribution < -0.4 is 0 Å². The normalized spacial score (nSPS) is 10.4. The number of allylic oxidation sites excluding steroid dienone is 1. The Morgan fingerprint density at radius 1 is 1.41 bits per heavy atom. The van der Waals surface area contributed by atoms with Gasteiger partial charge in [0.2, 0.25) is 0 Å². The first-order valence-corrected chi connectivity index (χ1v) is 5.26. The van der Waals surface area contributed by atoms with Crippen molar-refractivity contribution in [1.82, 2.24) is 4.90 Å². The molecule has 0 saturated carbocycles. The summed E-state index contributed by atoms with van der Waals surface area (Å²) in [6.07, 6.45) is 3.85. The predicted octanol–water partition coefficient (Wildman–Crippen LogP) is 2.28. The van der Waals surface area contributed by atoms with Crippen molar-refractivity contribution in [3.63, 3.8) is 0 Å². The van der Waals surface area contributed by atoms with E-state index >= 15 is 0 Å². The SMILES string of the molecule is C=CCN(C=C(C#N)C=O)Cc1ccccc1. The molecule has 1 aromatic carbocycles. The van der Waals surface area contributed by atoms with Gasteiger partial charge in [0.05, 0.1) is 0 Å². The predicted molar refractivity (Wildman–Crippen MR) is 66.8 cm³/mol. The number of hydrogen-bond acceptors (Lipinski definition) is 3. The summed E-state index contributed by atoms with van der Waals surface area (Å²) in [5.41, 5.74) is 1.23. The van der Waals surface area contributed by atoms with Crippen LogP contribution in [0.2, 0.25) is 0 Å². The van der Waals surface area contributed by atoms with E-state index in [2.05, 4.69) is 6.58 Å². The third-order valence-electron chi connectivity index (χ3n) is 2.17. The lowest BCUT2D eigenvalue weighted by atomic mass is 10.2. The summed E-state index contributed by atoms with van der Waals surface area (Å²) in [4.78, 5) is 12.5. The maximum Gasteiger partial charge on any atom is 0.162 e. The summed E-state index contributed by atoms with van der Waals surface area (Å²) >= 11 is 0. The maximum atomic E-state index is 10.6. The molecule has 0 spiro atoms. The molecule has 3 nitrogen and oxygen atoms in total. The van der Waals surface area contributed by atoms with Crippen molar-refractivity contribution in [3.05, 3.63) is 60.3 Å². The number of hydrogen-bond donors (Lipinski definition) is 0. The molecule has 0 fully saturated rings. The molecule has 0 aliphatic heterocycles. The minimum atomic E-state index is 0.114. The van der Waals surface area contributed by atoms with Gasteiger partial charge in [-0.05, 0) is 5.56 Å². The van der Waals surface area contributed by atoms with Gasteiger partial charge in [-0.1, -0.05) is 36.4 Å². The highest BCUT2D eigenvalue weighted by Gasteiger charge is 2.01. The van der Waals surface area contributed by atoms with Crippen LogP contribution >= 0.6 is 0 Å². The highest BCUT2D eigenvalue weighted by atomic mass is 16.1. The number of nitrogens with zero attached hydrogens (tertiary/aromatic N) is 2. The number of rotatable bonds is 6. The van der Waals surface area contributed by atoms with Gasteiger partial charge < -0.3 is 4.90 Å². The second-order valence-electron chi connectivity index (χ2n) is 3.52. The molecule has 1 aromatic rings. The molecule has 0 saturated heterocycles. The van der Waals surface area contributed by atoms with E-state index in [0.717, 1.165) is 5.56 Å². The van der Waals surface area contributed by atoms with Gasteiger partial charge in [0.1, 0.15) is 11.6 Å². The molecule has 0 unspecified atom stereocenters. The average Bonchev–Trinajstić information content (AvgIpc) is 2.37. The van der Waals surface area contributed by atoms with E-state index in [0.29, 0.717) is 19.4 Å². The Bertz CT molecular complexity index is 443. The zero-order valence-corrected chi connectivity index (χ0v) is 9.54. The van der Waals surface area contributed by atoms with Crippen LogP contribution in [0.3, 0.4) is 0 Å². The molecule has 0 aromatic heterocycles. The summed E-state index contributed by atoms with van der Waals surface area (Å²) in [6.45, 7) is 4.89. The molecule has 1 rings (SSSR count). The third kappa shape index (κ3) is 4.35. The lowest BCUT2D eigenvalue weighted by Gasteiger charge is -2.18. The molecule has 0 radical (unpaired) electrons. The zero-order chi connectivity index (χ0) is 12.5. The van der Waals surface area contributed by atoms with Crippen LogP contribution in [0.15, 0.2) is 54.8 Å². The molecular formula is C14H14N2O. The topological polar surface area (TPSA) is 44.1 Å². The van der Waals surface area contributed by atoms with Gasteiger partial charge in [0.25, 0.3) is 0 Å². The van der Waals surface area contributed by atoms with Crippen molar-refractivity contribution in [2.45, 2.75) is 6.54 Å². The van der Waals surface area contributed by atoms with Crippen LogP contribution in [0.5, 0.6) is 0 Å². The first-order valence-electron chi connectivity index (χ1n) is 5.26. The van der Waals surface area contributed by atoms with Crippen molar-refractivity contribution in [3.8, 4) is 6.07 Å². The van der Waals surface area contributed by atoms with Gasteiger partial charge in [0, 0.05) is 19.3 Å². The van der Waals surface area contributed by atoms with Gasteiger partial charge in [-0.3, -0.25) is 4.79 Å². The Balaban J connectivity index is 2.80. The van der Waals surface area contributed by atoms with Gasteiger partial charge >= 0.3 is 0 Å². The molecule has 86 valence electrons. The van der Waals surface area contributed by atoms with Crippen LogP contribution in [-0.4, -0.2) is 17.7 Å². The molecule has 0 atom stereocenters. The van der Waals surface area contributed by atoms with Crippen molar-refractivity contribution in [1.29, 1.82) is 5.26 Å². The van der Waals surface area contributed by atoms with Crippen molar-refractivity contribution in [2.24, 2.45) is 0 Å². The molecule has 0 amide bonds. The second-order valence-corrected chi connectivity index (χ2v) is 3.52. The second kappa shape index (κ2) is 7.02. The van der Waals surface area contributed by atoms with E-state index < -0.39 is 0 Å². The Kier molecular flexibility index (Phi) is 5.26. The number of aldehydes is 1. The summed E-state index contributed by atoms with van der Waals surface area (Å²) in [6, 6.07) is 11.7. The van der Waals surface area contributed by atoms with E-state index in [4.69, 9.17) is 5.26 Å². The fraction of sp³-hybridized carbons (Fsp3) is 0.143. The number of nitriles is 1. The Morgan fingerprint density at radius 2 is 2.12 bits per heavy atom. The summed E-state index contributed by atoms with van der Waals surface area (Å²) < 4.78 is 0. The lowest BCUT2D eigenvalue weighted by molar-refractivity contribution is -0.104. The number of carbonyl (C=O) groups excluding carboxylic acids is 1. The van der Waals surface area contributed by atoms with Crippen molar-refractivity contribution in [2.75, 3.05) is 6.54 Å². The van der Waals surface area contributed by atoms with E-state index in [9.17, 15) is 4.79 Å². The van der Waals surface area contributed by atoms with Gasteiger partial charge in [-0.15, -0.1) is 6.58 Å². The molecule has 0 heterocycles. The monoisotopic (exact) mass is 226 g/mol. The summed E-state index contributed by atoms with van der Waals surface area (Å²) in [5.74, 6) is 0. The Morgan fingerprint density at radius 3 is 2.65 bits per heavy atom. The van der Waals surface area contributed by atoms with Crippen molar-refractivity contribution >= 4 is 6.29 Å². The van der Waals surface area contributed by atoms with E-state index in [1.807, 2.05) is 41.3 Å². The first-order chi connectivity index (χ1) is 8.30. The van der Waals surface area contributed by atoms with Gasteiger partial charge in [-0.25, -0.2) is 0 Å². The summed E-state index contributed by atoms with van der Waals surface area (Å²) in [7, 11) is 0. The fourth-order valence-electron chi connectivity index (χ4n) is 1.43. The smallest absolute Gasteiger partial charge is 0.162 e. The van der Waals surface area contributed by atoms with Gasteiger partial charge in [-0.2, -0.15) is 5.26 Å².